The minimum Gasteiger partial charge on any atom is -0.467 e. The van der Waals surface area contributed by atoms with Crippen molar-refractivity contribution in [3.05, 3.63) is 83.7 Å². The molecule has 0 radical (unpaired) electrons. The molecule has 0 unspecified atom stereocenters. The molecule has 0 N–H and O–H groups in total. The lowest BCUT2D eigenvalue weighted by Crippen LogP contribution is -2.43. The quantitative estimate of drug-likeness (QED) is 0.493. The Morgan fingerprint density at radius 3 is 2.35 bits per heavy atom. The lowest BCUT2D eigenvalue weighted by atomic mass is 10.1. The summed E-state index contributed by atoms with van der Waals surface area (Å²) >= 11 is 0. The lowest BCUT2D eigenvalue weighted by Gasteiger charge is -2.27. The van der Waals surface area contributed by atoms with Crippen molar-refractivity contribution < 1.29 is 18.4 Å². The molecule has 31 heavy (non-hydrogen) atoms. The molecule has 1 aromatic carbocycles. The molecule has 0 bridgehead atoms. The number of rotatable bonds is 10. The van der Waals surface area contributed by atoms with E-state index in [0.717, 1.165) is 36.3 Å². The number of nitrogens with zero attached hydrogens (tertiary/aromatic N) is 2. The summed E-state index contributed by atoms with van der Waals surface area (Å²) in [4.78, 5) is 29.6. The van der Waals surface area contributed by atoms with E-state index in [4.69, 9.17) is 8.83 Å². The molecule has 6 nitrogen and oxygen atoms in total. The zero-order chi connectivity index (χ0) is 21.6. The molecular formula is C25H28N2O4. The largest absolute Gasteiger partial charge is 0.467 e. The molecular weight excluding hydrogens is 392 g/mol. The van der Waals surface area contributed by atoms with Crippen molar-refractivity contribution in [1.82, 2.24) is 9.80 Å². The van der Waals surface area contributed by atoms with Crippen LogP contribution in [0.1, 0.15) is 35.7 Å². The summed E-state index contributed by atoms with van der Waals surface area (Å²) in [6.07, 6.45) is 4.11. The molecule has 0 aliphatic heterocycles. The van der Waals surface area contributed by atoms with Gasteiger partial charge in [-0.15, -0.1) is 0 Å². The van der Waals surface area contributed by atoms with E-state index in [1.165, 1.54) is 0 Å². The smallest absolute Gasteiger partial charge is 0.242 e. The predicted octanol–water partition coefficient (Wildman–Crippen LogP) is 4.19. The van der Waals surface area contributed by atoms with Crippen LogP contribution in [0.4, 0.5) is 0 Å². The Kier molecular flexibility index (Phi) is 6.55. The zero-order valence-corrected chi connectivity index (χ0v) is 17.8. The number of carbonyl (C=O) groups excluding carboxylic acids is 2. The Bertz CT molecular complexity index is 990. The van der Waals surface area contributed by atoms with Gasteiger partial charge in [0.15, 0.2) is 0 Å². The third kappa shape index (κ3) is 5.87. The highest BCUT2D eigenvalue weighted by Gasteiger charge is 2.35. The molecule has 0 atom stereocenters. The van der Waals surface area contributed by atoms with E-state index in [1.807, 2.05) is 43.3 Å². The van der Waals surface area contributed by atoms with Crippen LogP contribution >= 0.6 is 0 Å². The minimum absolute atomic E-state index is 0.0293. The van der Waals surface area contributed by atoms with Gasteiger partial charge in [0.05, 0.1) is 19.4 Å². The first kappa shape index (κ1) is 21.0. The van der Waals surface area contributed by atoms with E-state index in [9.17, 15) is 9.59 Å². The van der Waals surface area contributed by atoms with E-state index in [0.29, 0.717) is 25.4 Å². The van der Waals surface area contributed by atoms with Gasteiger partial charge in [0.2, 0.25) is 11.8 Å². The van der Waals surface area contributed by atoms with Gasteiger partial charge in [0.25, 0.3) is 0 Å². The summed E-state index contributed by atoms with van der Waals surface area (Å²) in [5.41, 5.74) is 1.16. The molecule has 1 fully saturated rings. The summed E-state index contributed by atoms with van der Waals surface area (Å²) in [7, 11) is 0. The van der Waals surface area contributed by atoms with Crippen LogP contribution < -0.4 is 0 Å². The maximum atomic E-state index is 13.3. The number of aryl methyl sites for hydroxylation is 1. The summed E-state index contributed by atoms with van der Waals surface area (Å²) < 4.78 is 11.1. The van der Waals surface area contributed by atoms with Crippen molar-refractivity contribution in [2.75, 3.05) is 13.1 Å². The number of carbonyl (C=O) groups is 2. The molecule has 6 heteroatoms. The van der Waals surface area contributed by atoms with Gasteiger partial charge < -0.3 is 18.6 Å². The highest BCUT2D eigenvalue weighted by molar-refractivity contribution is 5.87. The van der Waals surface area contributed by atoms with Gasteiger partial charge in [-0.3, -0.25) is 9.59 Å². The molecule has 0 saturated heterocycles. The molecule has 2 aromatic heterocycles. The SMILES string of the molecule is Cc1ccc(CN(CCc2ccccc2)C(=O)CN(Cc2ccco2)C(=O)C2CC2)o1. The van der Waals surface area contributed by atoms with Crippen LogP contribution in [0.3, 0.4) is 0 Å². The van der Waals surface area contributed by atoms with E-state index < -0.39 is 0 Å². The van der Waals surface area contributed by atoms with Gasteiger partial charge in [0.1, 0.15) is 23.8 Å². The average Bonchev–Trinajstić information content (AvgIpc) is 3.35. The van der Waals surface area contributed by atoms with Crippen molar-refractivity contribution >= 4 is 11.8 Å². The van der Waals surface area contributed by atoms with E-state index in [1.54, 1.807) is 22.1 Å². The number of benzene rings is 1. The molecule has 2 amide bonds. The van der Waals surface area contributed by atoms with Crippen LogP contribution in [-0.2, 0) is 29.1 Å². The van der Waals surface area contributed by atoms with Crippen molar-refractivity contribution in [2.45, 2.75) is 39.3 Å². The van der Waals surface area contributed by atoms with E-state index >= 15 is 0 Å². The Morgan fingerprint density at radius 1 is 0.935 bits per heavy atom. The fourth-order valence-corrected chi connectivity index (χ4v) is 3.61. The molecule has 1 aliphatic rings. The van der Waals surface area contributed by atoms with Gasteiger partial charge in [-0.1, -0.05) is 30.3 Å². The standard InChI is InChI=1S/C25H28N2O4/c1-19-9-12-23(31-19)17-26(14-13-20-6-3-2-4-7-20)24(28)18-27(25(29)21-10-11-21)16-22-8-5-15-30-22/h2-9,12,15,21H,10-11,13-14,16-18H2,1H3. The highest BCUT2D eigenvalue weighted by Crippen LogP contribution is 2.31. The second kappa shape index (κ2) is 9.69. The monoisotopic (exact) mass is 420 g/mol. The number of furan rings is 2. The summed E-state index contributed by atoms with van der Waals surface area (Å²) in [6.45, 7) is 3.16. The van der Waals surface area contributed by atoms with Gasteiger partial charge in [0, 0.05) is 12.5 Å². The minimum atomic E-state index is -0.0921. The Balaban J connectivity index is 1.47. The first-order valence-electron chi connectivity index (χ1n) is 10.8. The zero-order valence-electron chi connectivity index (χ0n) is 17.8. The molecule has 2 heterocycles. The first-order chi connectivity index (χ1) is 15.1. The second-order valence-electron chi connectivity index (χ2n) is 8.11. The van der Waals surface area contributed by atoms with Crippen LogP contribution in [0.25, 0.3) is 0 Å². The number of hydrogen-bond acceptors (Lipinski definition) is 4. The normalized spacial score (nSPS) is 13.2. The van der Waals surface area contributed by atoms with Gasteiger partial charge in [-0.25, -0.2) is 0 Å². The molecule has 4 rings (SSSR count). The van der Waals surface area contributed by atoms with Crippen molar-refractivity contribution in [3.8, 4) is 0 Å². The lowest BCUT2D eigenvalue weighted by molar-refractivity contribution is -0.142. The summed E-state index contributed by atoms with van der Waals surface area (Å²) in [5.74, 6) is 2.21. The van der Waals surface area contributed by atoms with Crippen LogP contribution in [0.2, 0.25) is 0 Å². The van der Waals surface area contributed by atoms with Crippen LogP contribution in [0.15, 0.2) is 69.7 Å². The second-order valence-corrected chi connectivity index (χ2v) is 8.11. The third-order valence-electron chi connectivity index (χ3n) is 5.50. The number of amides is 2. The topological polar surface area (TPSA) is 66.9 Å². The van der Waals surface area contributed by atoms with Gasteiger partial charge >= 0.3 is 0 Å². The fraction of sp³-hybridized carbons (Fsp3) is 0.360. The summed E-state index contributed by atoms with van der Waals surface area (Å²) in [6, 6.07) is 17.5. The molecule has 1 saturated carbocycles. The Morgan fingerprint density at radius 2 is 1.71 bits per heavy atom. The highest BCUT2D eigenvalue weighted by atomic mass is 16.3. The molecule has 3 aromatic rings. The van der Waals surface area contributed by atoms with Crippen molar-refractivity contribution in [2.24, 2.45) is 5.92 Å². The maximum absolute atomic E-state index is 13.3. The van der Waals surface area contributed by atoms with Gasteiger partial charge in [-0.2, -0.15) is 0 Å². The fourth-order valence-electron chi connectivity index (χ4n) is 3.61. The van der Waals surface area contributed by atoms with Crippen LogP contribution in [0.5, 0.6) is 0 Å². The van der Waals surface area contributed by atoms with E-state index in [2.05, 4.69) is 12.1 Å². The van der Waals surface area contributed by atoms with E-state index in [-0.39, 0.29) is 24.3 Å². The third-order valence-corrected chi connectivity index (χ3v) is 5.50. The van der Waals surface area contributed by atoms with Crippen molar-refractivity contribution in [1.29, 1.82) is 0 Å². The molecule has 1 aliphatic carbocycles. The number of hydrogen-bond donors (Lipinski definition) is 0. The van der Waals surface area contributed by atoms with Crippen LogP contribution in [-0.4, -0.2) is 34.7 Å². The predicted molar refractivity (Wildman–Crippen MR) is 116 cm³/mol. The van der Waals surface area contributed by atoms with Crippen LogP contribution in [0, 0.1) is 12.8 Å². The average molecular weight is 421 g/mol. The molecule has 0 spiro atoms. The summed E-state index contributed by atoms with van der Waals surface area (Å²) in [5, 5.41) is 0. The Hall–Kier alpha value is -3.28. The molecule has 162 valence electrons. The maximum Gasteiger partial charge on any atom is 0.242 e. The van der Waals surface area contributed by atoms with Crippen molar-refractivity contribution in [3.63, 3.8) is 0 Å². The first-order valence-corrected chi connectivity index (χ1v) is 10.8. The van der Waals surface area contributed by atoms with Gasteiger partial charge in [-0.05, 0) is 56.0 Å². The Labute approximate surface area is 182 Å².